The van der Waals surface area contributed by atoms with Gasteiger partial charge in [0.1, 0.15) is 5.75 Å². The number of hydrogen-bond donors (Lipinski definition) is 3. The van der Waals surface area contributed by atoms with Crippen molar-refractivity contribution in [3.05, 3.63) is 29.8 Å². The maximum absolute atomic E-state index is 11.3. The molecule has 0 atom stereocenters. The first-order chi connectivity index (χ1) is 10.8. The van der Waals surface area contributed by atoms with Crippen molar-refractivity contribution in [1.82, 2.24) is 10.6 Å². The third-order valence-corrected chi connectivity index (χ3v) is 3.22. The van der Waals surface area contributed by atoms with Gasteiger partial charge in [-0.05, 0) is 29.5 Å². The first-order valence-corrected chi connectivity index (χ1v) is 7.76. The van der Waals surface area contributed by atoms with E-state index >= 15 is 0 Å². The predicted molar refractivity (Wildman–Crippen MR) is 88.9 cm³/mol. The van der Waals surface area contributed by atoms with Crippen LogP contribution in [0.4, 0.5) is 4.79 Å². The number of aliphatic carboxylic acids is 1. The van der Waals surface area contributed by atoms with Crippen LogP contribution < -0.4 is 15.4 Å². The number of urea groups is 1. The molecule has 0 fully saturated rings. The number of hydrogen-bond acceptors (Lipinski definition) is 3. The zero-order valence-corrected chi connectivity index (χ0v) is 14.0. The lowest BCUT2D eigenvalue weighted by atomic mass is 9.87. The number of benzene rings is 1. The predicted octanol–water partition coefficient (Wildman–Crippen LogP) is 2.53. The van der Waals surface area contributed by atoms with Gasteiger partial charge in [-0.1, -0.05) is 32.9 Å². The number of carboxylic acids is 1. The molecular formula is C17H26N2O4. The van der Waals surface area contributed by atoms with E-state index in [-0.39, 0.29) is 24.4 Å². The first kappa shape index (κ1) is 18.8. The quantitative estimate of drug-likeness (QED) is 0.642. The normalized spacial score (nSPS) is 10.9. The standard InChI is InChI=1S/C17H26N2O4/c1-17(2,3)13-5-7-14(8-6-13)23-12-4-10-18-16(22)19-11-9-15(20)21/h5-8H,4,9-12H2,1-3H3,(H,20,21)(H2,18,19,22). The van der Waals surface area contributed by atoms with Crippen LogP contribution in [0, 0.1) is 0 Å². The Bertz CT molecular complexity index is 506. The van der Waals surface area contributed by atoms with Crippen LogP contribution in [-0.2, 0) is 10.2 Å². The van der Waals surface area contributed by atoms with Gasteiger partial charge in [0.15, 0.2) is 0 Å². The summed E-state index contributed by atoms with van der Waals surface area (Å²) >= 11 is 0. The number of amides is 2. The van der Waals surface area contributed by atoms with Gasteiger partial charge >= 0.3 is 12.0 Å². The molecule has 0 bridgehead atoms. The zero-order chi connectivity index (χ0) is 17.3. The molecule has 128 valence electrons. The fourth-order valence-corrected chi connectivity index (χ4v) is 1.86. The number of carbonyl (C=O) groups is 2. The smallest absolute Gasteiger partial charge is 0.314 e. The van der Waals surface area contributed by atoms with Crippen molar-refractivity contribution in [3.63, 3.8) is 0 Å². The van der Waals surface area contributed by atoms with E-state index in [2.05, 4.69) is 43.5 Å². The molecule has 6 heteroatoms. The molecule has 1 rings (SSSR count). The molecule has 6 nitrogen and oxygen atoms in total. The molecule has 2 amide bonds. The lowest BCUT2D eigenvalue weighted by Gasteiger charge is -2.19. The molecule has 0 heterocycles. The van der Waals surface area contributed by atoms with E-state index < -0.39 is 5.97 Å². The lowest BCUT2D eigenvalue weighted by Crippen LogP contribution is -2.37. The minimum Gasteiger partial charge on any atom is -0.494 e. The molecule has 0 aliphatic rings. The van der Waals surface area contributed by atoms with Crippen molar-refractivity contribution in [2.24, 2.45) is 0 Å². The molecule has 1 aromatic rings. The first-order valence-electron chi connectivity index (χ1n) is 7.76. The van der Waals surface area contributed by atoms with E-state index in [0.29, 0.717) is 19.6 Å². The van der Waals surface area contributed by atoms with Crippen molar-refractivity contribution in [2.45, 2.75) is 39.0 Å². The van der Waals surface area contributed by atoms with Gasteiger partial charge in [-0.25, -0.2) is 4.79 Å². The Morgan fingerprint density at radius 2 is 1.70 bits per heavy atom. The molecule has 0 aliphatic heterocycles. The highest BCUT2D eigenvalue weighted by molar-refractivity contribution is 5.74. The van der Waals surface area contributed by atoms with Crippen LogP contribution in [-0.4, -0.2) is 36.8 Å². The number of ether oxygens (including phenoxy) is 1. The number of rotatable bonds is 8. The van der Waals surface area contributed by atoms with Crippen LogP contribution in [0.1, 0.15) is 39.2 Å². The van der Waals surface area contributed by atoms with Gasteiger partial charge in [-0.2, -0.15) is 0 Å². The highest BCUT2D eigenvalue weighted by atomic mass is 16.5. The Labute approximate surface area is 137 Å². The number of nitrogens with one attached hydrogen (secondary N) is 2. The van der Waals surface area contributed by atoms with E-state index in [0.717, 1.165) is 5.75 Å². The van der Waals surface area contributed by atoms with E-state index in [1.807, 2.05) is 12.1 Å². The molecule has 0 saturated carbocycles. The van der Waals surface area contributed by atoms with Crippen LogP contribution >= 0.6 is 0 Å². The van der Waals surface area contributed by atoms with E-state index in [4.69, 9.17) is 9.84 Å². The second kappa shape index (κ2) is 9.02. The molecule has 0 saturated heterocycles. The van der Waals surface area contributed by atoms with Crippen molar-refractivity contribution in [1.29, 1.82) is 0 Å². The van der Waals surface area contributed by atoms with Crippen molar-refractivity contribution in [3.8, 4) is 5.75 Å². The number of carbonyl (C=O) groups excluding carboxylic acids is 1. The number of carboxylic acid groups (broad SMARTS) is 1. The Morgan fingerprint density at radius 1 is 1.09 bits per heavy atom. The fourth-order valence-electron chi connectivity index (χ4n) is 1.86. The second-order valence-electron chi connectivity index (χ2n) is 6.30. The minimum atomic E-state index is -0.934. The van der Waals surface area contributed by atoms with Crippen molar-refractivity contribution in [2.75, 3.05) is 19.7 Å². The molecule has 0 aromatic heterocycles. The van der Waals surface area contributed by atoms with Gasteiger partial charge < -0.3 is 20.5 Å². The Kier molecular flexibility index (Phi) is 7.38. The monoisotopic (exact) mass is 322 g/mol. The Balaban J connectivity index is 2.15. The summed E-state index contributed by atoms with van der Waals surface area (Å²) in [5.74, 6) is -0.125. The maximum atomic E-state index is 11.3. The van der Waals surface area contributed by atoms with E-state index in [9.17, 15) is 9.59 Å². The third-order valence-electron chi connectivity index (χ3n) is 3.22. The summed E-state index contributed by atoms with van der Waals surface area (Å²) in [6.07, 6.45) is 0.592. The van der Waals surface area contributed by atoms with Crippen LogP contribution in [0.25, 0.3) is 0 Å². The summed E-state index contributed by atoms with van der Waals surface area (Å²) in [7, 11) is 0. The van der Waals surface area contributed by atoms with Crippen LogP contribution in [0.2, 0.25) is 0 Å². The average Bonchev–Trinajstić information content (AvgIpc) is 2.46. The van der Waals surface area contributed by atoms with Gasteiger partial charge in [0.2, 0.25) is 0 Å². The zero-order valence-electron chi connectivity index (χ0n) is 14.0. The lowest BCUT2D eigenvalue weighted by molar-refractivity contribution is -0.136. The highest BCUT2D eigenvalue weighted by Crippen LogP contribution is 2.24. The third kappa shape index (κ3) is 8.09. The molecule has 23 heavy (non-hydrogen) atoms. The van der Waals surface area contributed by atoms with Gasteiger partial charge in [0.05, 0.1) is 13.0 Å². The van der Waals surface area contributed by atoms with Crippen LogP contribution in [0.15, 0.2) is 24.3 Å². The Morgan fingerprint density at radius 3 is 2.26 bits per heavy atom. The van der Waals surface area contributed by atoms with E-state index in [1.54, 1.807) is 0 Å². The summed E-state index contributed by atoms with van der Waals surface area (Å²) in [5.41, 5.74) is 1.38. The molecule has 0 aliphatic carbocycles. The fraction of sp³-hybridized carbons (Fsp3) is 0.529. The maximum Gasteiger partial charge on any atom is 0.314 e. The molecule has 0 unspecified atom stereocenters. The molecular weight excluding hydrogens is 296 g/mol. The summed E-state index contributed by atoms with van der Waals surface area (Å²) < 4.78 is 5.62. The summed E-state index contributed by atoms with van der Waals surface area (Å²) in [6, 6.07) is 7.66. The van der Waals surface area contributed by atoms with Crippen LogP contribution in [0.3, 0.4) is 0 Å². The van der Waals surface area contributed by atoms with Gasteiger partial charge in [-0.15, -0.1) is 0 Å². The van der Waals surface area contributed by atoms with E-state index in [1.165, 1.54) is 5.56 Å². The largest absolute Gasteiger partial charge is 0.494 e. The van der Waals surface area contributed by atoms with Crippen LogP contribution in [0.5, 0.6) is 5.75 Å². The van der Waals surface area contributed by atoms with Gasteiger partial charge in [0.25, 0.3) is 0 Å². The summed E-state index contributed by atoms with van der Waals surface area (Å²) in [6.45, 7) is 7.59. The van der Waals surface area contributed by atoms with Gasteiger partial charge in [-0.3, -0.25) is 4.79 Å². The van der Waals surface area contributed by atoms with Crippen molar-refractivity contribution < 1.29 is 19.4 Å². The average molecular weight is 322 g/mol. The Hall–Kier alpha value is -2.24. The summed E-state index contributed by atoms with van der Waals surface area (Å²) in [4.78, 5) is 21.6. The molecule has 3 N–H and O–H groups in total. The highest BCUT2D eigenvalue weighted by Gasteiger charge is 2.12. The molecule has 0 spiro atoms. The second-order valence-corrected chi connectivity index (χ2v) is 6.30. The minimum absolute atomic E-state index is 0.0822. The molecule has 1 aromatic carbocycles. The summed E-state index contributed by atoms with van der Waals surface area (Å²) in [5, 5.41) is 13.6. The van der Waals surface area contributed by atoms with Crippen molar-refractivity contribution >= 4 is 12.0 Å². The van der Waals surface area contributed by atoms with Gasteiger partial charge in [0, 0.05) is 13.1 Å². The SMILES string of the molecule is CC(C)(C)c1ccc(OCCCNC(=O)NCCC(=O)O)cc1. The topological polar surface area (TPSA) is 87.7 Å². The molecule has 0 radical (unpaired) electrons.